The molecule has 3 aromatic rings. The molecule has 8 heteroatoms. The Bertz CT molecular complexity index is 854. The number of nitrogen functional groups attached to an aromatic ring is 1. The van der Waals surface area contributed by atoms with Crippen LogP contribution in [0.4, 0.5) is 19.1 Å². The summed E-state index contributed by atoms with van der Waals surface area (Å²) in [4.78, 5) is 3.97. The quantitative estimate of drug-likeness (QED) is 0.721. The fraction of sp³-hybridized carbons (Fsp3) is 0. The number of benzene rings is 2. The lowest BCUT2D eigenvalue weighted by atomic mass is 10.2. The molecule has 1 heterocycles. The summed E-state index contributed by atoms with van der Waals surface area (Å²) in [5.41, 5.74) is 5.95. The number of rotatable bonds is 1. The number of hydrogen-bond donors (Lipinski definition) is 1. The van der Waals surface area contributed by atoms with Gasteiger partial charge in [-0.25, -0.2) is 18.2 Å². The third kappa shape index (κ3) is 2.20. The van der Waals surface area contributed by atoms with E-state index in [-0.39, 0.29) is 32.7 Å². The van der Waals surface area contributed by atoms with Crippen LogP contribution in [0.5, 0.6) is 0 Å². The Balaban J connectivity index is 2.41. The van der Waals surface area contributed by atoms with Crippen molar-refractivity contribution in [1.82, 2.24) is 9.55 Å². The van der Waals surface area contributed by atoms with Gasteiger partial charge in [-0.15, -0.1) is 0 Å². The number of halogens is 5. The van der Waals surface area contributed by atoms with E-state index in [1.54, 1.807) is 0 Å². The molecule has 0 amide bonds. The zero-order valence-corrected chi connectivity index (χ0v) is 11.7. The summed E-state index contributed by atoms with van der Waals surface area (Å²) in [6, 6.07) is 3.89. The average molecular weight is 332 g/mol. The second-order valence-electron chi connectivity index (χ2n) is 4.28. The van der Waals surface area contributed by atoms with Gasteiger partial charge in [-0.1, -0.05) is 23.2 Å². The van der Waals surface area contributed by atoms with Crippen molar-refractivity contribution in [3.8, 4) is 5.69 Å². The van der Waals surface area contributed by atoms with Crippen molar-refractivity contribution in [3.63, 3.8) is 0 Å². The minimum Gasteiger partial charge on any atom is -0.369 e. The molecule has 1 aromatic heterocycles. The maximum absolute atomic E-state index is 14.0. The third-order valence-corrected chi connectivity index (χ3v) is 3.51. The van der Waals surface area contributed by atoms with Gasteiger partial charge >= 0.3 is 0 Å². The molecule has 0 unspecified atom stereocenters. The topological polar surface area (TPSA) is 43.8 Å². The first-order chi connectivity index (χ1) is 9.88. The number of anilines is 1. The lowest BCUT2D eigenvalue weighted by Gasteiger charge is -2.10. The predicted octanol–water partition coefficient (Wildman–Crippen LogP) is 4.33. The van der Waals surface area contributed by atoms with Gasteiger partial charge in [0, 0.05) is 12.1 Å². The van der Waals surface area contributed by atoms with Gasteiger partial charge in [0.05, 0.1) is 21.1 Å². The van der Waals surface area contributed by atoms with Crippen molar-refractivity contribution in [2.75, 3.05) is 5.73 Å². The smallest absolute Gasteiger partial charge is 0.206 e. The van der Waals surface area contributed by atoms with E-state index in [4.69, 9.17) is 28.9 Å². The highest BCUT2D eigenvalue weighted by Gasteiger charge is 2.19. The Hall–Kier alpha value is -1.92. The van der Waals surface area contributed by atoms with Crippen LogP contribution in [-0.2, 0) is 0 Å². The zero-order chi connectivity index (χ0) is 15.3. The largest absolute Gasteiger partial charge is 0.369 e. The van der Waals surface area contributed by atoms with Gasteiger partial charge in [0.2, 0.25) is 5.95 Å². The second-order valence-corrected chi connectivity index (χ2v) is 5.09. The summed E-state index contributed by atoms with van der Waals surface area (Å²) in [6.45, 7) is 0. The highest BCUT2D eigenvalue weighted by molar-refractivity contribution is 6.32. The summed E-state index contributed by atoms with van der Waals surface area (Å²) in [5.74, 6) is -2.62. The number of nitrogens with two attached hydrogens (primary N) is 1. The van der Waals surface area contributed by atoms with Gasteiger partial charge in [-0.05, 0) is 12.1 Å². The molecular formula is C13H6Cl2F3N3. The summed E-state index contributed by atoms with van der Waals surface area (Å²) >= 11 is 11.5. The maximum atomic E-state index is 14.0. The van der Waals surface area contributed by atoms with Crippen molar-refractivity contribution >= 4 is 40.2 Å². The molecule has 0 aliphatic rings. The van der Waals surface area contributed by atoms with Crippen molar-refractivity contribution in [3.05, 3.63) is 51.8 Å². The van der Waals surface area contributed by atoms with Crippen molar-refractivity contribution in [1.29, 1.82) is 0 Å². The SMILES string of the molecule is Nc1nc2cc(Cl)c(F)cc2n1-c1c(F)cc(F)cc1Cl. The molecule has 0 radical (unpaired) electrons. The number of hydrogen-bond acceptors (Lipinski definition) is 2. The number of aromatic nitrogens is 2. The Morgan fingerprint density at radius 2 is 1.67 bits per heavy atom. The molecule has 2 aromatic carbocycles. The lowest BCUT2D eigenvalue weighted by molar-refractivity contribution is 0.579. The molecule has 3 nitrogen and oxygen atoms in total. The molecule has 0 aliphatic carbocycles. The standard InChI is InChI=1S/C13H6Cl2F3N3/c14-6-3-10-11(4-8(6)17)21(13(19)20-10)12-7(15)1-5(16)2-9(12)18/h1-4H,(H2,19,20). The van der Waals surface area contributed by atoms with Gasteiger partial charge in [0.1, 0.15) is 17.3 Å². The molecular weight excluding hydrogens is 326 g/mol. The first-order valence-electron chi connectivity index (χ1n) is 5.66. The number of nitrogens with zero attached hydrogens (tertiary/aromatic N) is 2. The van der Waals surface area contributed by atoms with Crippen LogP contribution in [0, 0.1) is 17.5 Å². The Morgan fingerprint density at radius 1 is 0.952 bits per heavy atom. The summed E-state index contributed by atoms with van der Waals surface area (Å²) < 4.78 is 41.9. The van der Waals surface area contributed by atoms with Gasteiger partial charge in [-0.2, -0.15) is 0 Å². The van der Waals surface area contributed by atoms with Crippen LogP contribution in [0.25, 0.3) is 16.7 Å². The van der Waals surface area contributed by atoms with Crippen LogP contribution < -0.4 is 5.73 Å². The molecule has 0 fully saturated rings. The molecule has 2 N–H and O–H groups in total. The average Bonchev–Trinajstić information content (AvgIpc) is 2.66. The fourth-order valence-electron chi connectivity index (χ4n) is 2.07. The Kier molecular flexibility index (Phi) is 3.22. The molecule has 3 rings (SSSR count). The highest BCUT2D eigenvalue weighted by atomic mass is 35.5. The van der Waals surface area contributed by atoms with E-state index in [1.165, 1.54) is 6.07 Å². The van der Waals surface area contributed by atoms with E-state index < -0.39 is 17.5 Å². The van der Waals surface area contributed by atoms with Gasteiger partial charge in [-0.3, -0.25) is 4.57 Å². The molecule has 0 saturated heterocycles. The first-order valence-corrected chi connectivity index (χ1v) is 6.42. The van der Waals surface area contributed by atoms with E-state index in [0.717, 1.165) is 16.7 Å². The third-order valence-electron chi connectivity index (χ3n) is 2.93. The summed E-state index contributed by atoms with van der Waals surface area (Å²) in [7, 11) is 0. The monoisotopic (exact) mass is 331 g/mol. The van der Waals surface area contributed by atoms with E-state index >= 15 is 0 Å². The number of fused-ring (bicyclic) bond motifs is 1. The van der Waals surface area contributed by atoms with Crippen molar-refractivity contribution in [2.24, 2.45) is 0 Å². The molecule has 0 spiro atoms. The van der Waals surface area contributed by atoms with Crippen molar-refractivity contribution < 1.29 is 13.2 Å². The van der Waals surface area contributed by atoms with Crippen LogP contribution in [0.2, 0.25) is 10.0 Å². The van der Waals surface area contributed by atoms with Crippen LogP contribution in [0.15, 0.2) is 24.3 Å². The predicted molar refractivity (Wildman–Crippen MR) is 75.4 cm³/mol. The minimum absolute atomic E-state index is 0.126. The molecule has 21 heavy (non-hydrogen) atoms. The van der Waals surface area contributed by atoms with Gasteiger partial charge < -0.3 is 5.73 Å². The van der Waals surface area contributed by atoms with E-state index in [1.807, 2.05) is 0 Å². The van der Waals surface area contributed by atoms with E-state index in [2.05, 4.69) is 4.98 Å². The van der Waals surface area contributed by atoms with Crippen LogP contribution in [0.3, 0.4) is 0 Å². The zero-order valence-electron chi connectivity index (χ0n) is 10.2. The normalized spacial score (nSPS) is 11.3. The molecule has 108 valence electrons. The van der Waals surface area contributed by atoms with Gasteiger partial charge in [0.25, 0.3) is 0 Å². The molecule has 0 atom stereocenters. The lowest BCUT2D eigenvalue weighted by Crippen LogP contribution is -2.04. The Labute approximate surface area is 126 Å². The first kappa shape index (κ1) is 14.0. The molecule has 0 aliphatic heterocycles. The minimum atomic E-state index is -0.943. The van der Waals surface area contributed by atoms with Crippen LogP contribution >= 0.6 is 23.2 Å². The molecule has 0 bridgehead atoms. The fourth-order valence-corrected chi connectivity index (χ4v) is 2.51. The maximum Gasteiger partial charge on any atom is 0.206 e. The second kappa shape index (κ2) is 4.82. The van der Waals surface area contributed by atoms with E-state index in [9.17, 15) is 13.2 Å². The Morgan fingerprint density at radius 3 is 2.33 bits per heavy atom. The van der Waals surface area contributed by atoms with Crippen LogP contribution in [-0.4, -0.2) is 9.55 Å². The summed E-state index contributed by atoms with van der Waals surface area (Å²) in [6.07, 6.45) is 0. The summed E-state index contributed by atoms with van der Waals surface area (Å²) in [5, 5.41) is -0.355. The molecule has 0 saturated carbocycles. The van der Waals surface area contributed by atoms with Crippen molar-refractivity contribution in [2.45, 2.75) is 0 Å². The van der Waals surface area contributed by atoms with Gasteiger partial charge in [0.15, 0.2) is 5.82 Å². The van der Waals surface area contributed by atoms with E-state index in [0.29, 0.717) is 6.07 Å². The number of imidazole rings is 1. The van der Waals surface area contributed by atoms with Crippen LogP contribution in [0.1, 0.15) is 0 Å². The highest BCUT2D eigenvalue weighted by Crippen LogP contribution is 2.32.